The van der Waals surface area contributed by atoms with Gasteiger partial charge in [0.25, 0.3) is 5.91 Å². The fraction of sp³-hybridized carbons (Fsp3) is 0.286. The van der Waals surface area contributed by atoms with Gasteiger partial charge in [-0.15, -0.1) is 0 Å². The average molecular weight is 458 g/mol. The van der Waals surface area contributed by atoms with Gasteiger partial charge in [-0.05, 0) is 48.7 Å². The Morgan fingerprint density at radius 2 is 1.56 bits per heavy atom. The first-order valence-corrected chi connectivity index (χ1v) is 11.9. The van der Waals surface area contributed by atoms with E-state index in [1.807, 2.05) is 59.5 Å². The molecule has 1 aliphatic heterocycles. The number of ether oxygens (including phenoxy) is 1. The first kappa shape index (κ1) is 23.4. The Balaban J connectivity index is 1.32. The minimum absolute atomic E-state index is 0.0283. The van der Waals surface area contributed by atoms with Crippen molar-refractivity contribution >= 4 is 23.2 Å². The number of rotatable bonds is 8. The van der Waals surface area contributed by atoms with Crippen LogP contribution in [0.5, 0.6) is 5.75 Å². The monoisotopic (exact) mass is 457 g/mol. The molecule has 1 saturated heterocycles. The van der Waals surface area contributed by atoms with Crippen LogP contribution in [0.1, 0.15) is 41.6 Å². The van der Waals surface area contributed by atoms with Crippen molar-refractivity contribution in [3.8, 4) is 5.75 Å². The summed E-state index contributed by atoms with van der Waals surface area (Å²) < 4.78 is 5.95. The molecule has 34 heavy (non-hydrogen) atoms. The van der Waals surface area contributed by atoms with Gasteiger partial charge < -0.3 is 20.3 Å². The quantitative estimate of drug-likeness (QED) is 0.480. The highest BCUT2D eigenvalue weighted by atomic mass is 16.5. The summed E-state index contributed by atoms with van der Waals surface area (Å²) in [5.41, 5.74) is 3.04. The lowest BCUT2D eigenvalue weighted by Gasteiger charge is -2.20. The normalized spacial score (nSPS) is 13.6. The van der Waals surface area contributed by atoms with E-state index in [1.54, 1.807) is 24.3 Å². The zero-order valence-electron chi connectivity index (χ0n) is 19.3. The lowest BCUT2D eigenvalue weighted by Crippen LogP contribution is -2.31. The summed E-state index contributed by atoms with van der Waals surface area (Å²) in [5.74, 6) is 0.516. The first-order valence-electron chi connectivity index (χ1n) is 11.9. The Kier molecular flexibility index (Phi) is 8.17. The van der Waals surface area contributed by atoms with Crippen LogP contribution in [0.25, 0.3) is 0 Å². The number of para-hydroxylation sites is 2. The van der Waals surface area contributed by atoms with E-state index in [1.165, 1.54) is 12.8 Å². The molecule has 6 nitrogen and oxygen atoms in total. The third-order valence-electron chi connectivity index (χ3n) is 5.85. The summed E-state index contributed by atoms with van der Waals surface area (Å²) >= 11 is 0. The van der Waals surface area contributed by atoms with Crippen LogP contribution in [0.15, 0.2) is 78.9 Å². The number of carbonyl (C=O) groups is 2. The van der Waals surface area contributed by atoms with E-state index in [4.69, 9.17) is 4.74 Å². The lowest BCUT2D eigenvalue weighted by atomic mass is 10.1. The molecule has 0 aromatic heterocycles. The molecule has 176 valence electrons. The summed E-state index contributed by atoms with van der Waals surface area (Å²) in [6, 6.07) is 24.7. The maximum Gasteiger partial charge on any atom is 0.253 e. The Bertz CT molecular complexity index is 1090. The van der Waals surface area contributed by atoms with Crippen LogP contribution < -0.4 is 15.4 Å². The number of hydrogen-bond donors (Lipinski definition) is 2. The molecule has 4 rings (SSSR count). The SMILES string of the molecule is O=C(CNc1ccccc1OCc1ccccc1)Nc1cccc(C(=O)N2CCCCCC2)c1. The molecular formula is C28H31N3O3. The maximum absolute atomic E-state index is 12.9. The van der Waals surface area contributed by atoms with Crippen molar-refractivity contribution in [3.63, 3.8) is 0 Å². The summed E-state index contributed by atoms with van der Waals surface area (Å²) in [6.07, 6.45) is 4.44. The van der Waals surface area contributed by atoms with Gasteiger partial charge in [-0.1, -0.05) is 61.4 Å². The summed E-state index contributed by atoms with van der Waals surface area (Å²) in [4.78, 5) is 27.4. The van der Waals surface area contributed by atoms with Gasteiger partial charge in [-0.25, -0.2) is 0 Å². The Morgan fingerprint density at radius 1 is 0.824 bits per heavy atom. The number of amides is 2. The van der Waals surface area contributed by atoms with Gasteiger partial charge in [0.1, 0.15) is 12.4 Å². The number of anilines is 2. The topological polar surface area (TPSA) is 70.7 Å². The van der Waals surface area contributed by atoms with E-state index < -0.39 is 0 Å². The fourth-order valence-electron chi connectivity index (χ4n) is 4.04. The highest BCUT2D eigenvalue weighted by Crippen LogP contribution is 2.24. The molecule has 0 spiro atoms. The molecule has 1 heterocycles. The maximum atomic E-state index is 12.9. The molecule has 1 aliphatic rings. The van der Waals surface area contributed by atoms with E-state index in [0.717, 1.165) is 37.2 Å². The van der Waals surface area contributed by atoms with Gasteiger partial charge in [0.2, 0.25) is 5.91 Å². The van der Waals surface area contributed by atoms with Crippen molar-refractivity contribution in [1.29, 1.82) is 0 Å². The van der Waals surface area contributed by atoms with Gasteiger partial charge >= 0.3 is 0 Å². The second-order valence-electron chi connectivity index (χ2n) is 8.46. The van der Waals surface area contributed by atoms with Crippen LogP contribution in [0, 0.1) is 0 Å². The van der Waals surface area contributed by atoms with E-state index >= 15 is 0 Å². The Labute approximate surface area is 200 Å². The van der Waals surface area contributed by atoms with Gasteiger partial charge in [-0.3, -0.25) is 9.59 Å². The van der Waals surface area contributed by atoms with Crippen molar-refractivity contribution in [3.05, 3.63) is 90.0 Å². The highest BCUT2D eigenvalue weighted by Gasteiger charge is 2.17. The molecule has 0 radical (unpaired) electrons. The molecule has 0 bridgehead atoms. The molecule has 0 aliphatic carbocycles. The van der Waals surface area contributed by atoms with Crippen LogP contribution >= 0.6 is 0 Å². The van der Waals surface area contributed by atoms with Crippen molar-refractivity contribution in [1.82, 2.24) is 4.90 Å². The van der Waals surface area contributed by atoms with E-state index in [9.17, 15) is 9.59 Å². The minimum Gasteiger partial charge on any atom is -0.487 e. The largest absolute Gasteiger partial charge is 0.487 e. The first-order chi connectivity index (χ1) is 16.7. The molecule has 2 N–H and O–H groups in total. The van der Waals surface area contributed by atoms with Crippen LogP contribution in [0.2, 0.25) is 0 Å². The fourth-order valence-corrected chi connectivity index (χ4v) is 4.04. The van der Waals surface area contributed by atoms with Gasteiger partial charge in [-0.2, -0.15) is 0 Å². The van der Waals surface area contributed by atoms with Crippen LogP contribution in [0.4, 0.5) is 11.4 Å². The lowest BCUT2D eigenvalue weighted by molar-refractivity contribution is -0.114. The van der Waals surface area contributed by atoms with Gasteiger partial charge in [0, 0.05) is 24.3 Å². The van der Waals surface area contributed by atoms with Crippen LogP contribution in [-0.2, 0) is 11.4 Å². The Hall–Kier alpha value is -3.80. The number of nitrogens with zero attached hydrogens (tertiary/aromatic N) is 1. The molecular weight excluding hydrogens is 426 g/mol. The van der Waals surface area contributed by atoms with E-state index in [2.05, 4.69) is 10.6 Å². The molecule has 6 heteroatoms. The summed E-state index contributed by atoms with van der Waals surface area (Å²) in [5, 5.41) is 6.04. The predicted molar refractivity (Wildman–Crippen MR) is 135 cm³/mol. The van der Waals surface area contributed by atoms with Crippen molar-refractivity contribution in [2.75, 3.05) is 30.3 Å². The smallest absolute Gasteiger partial charge is 0.253 e. The number of carbonyl (C=O) groups excluding carboxylic acids is 2. The number of benzene rings is 3. The van der Waals surface area contributed by atoms with Gasteiger partial charge in [0.05, 0.1) is 12.2 Å². The molecule has 2 amide bonds. The van der Waals surface area contributed by atoms with Crippen LogP contribution in [-0.4, -0.2) is 36.3 Å². The molecule has 0 unspecified atom stereocenters. The molecule has 0 atom stereocenters. The predicted octanol–water partition coefficient (Wildman–Crippen LogP) is 5.33. The molecule has 3 aromatic carbocycles. The van der Waals surface area contributed by atoms with Gasteiger partial charge in [0.15, 0.2) is 0 Å². The van der Waals surface area contributed by atoms with E-state index in [0.29, 0.717) is 23.6 Å². The van der Waals surface area contributed by atoms with E-state index in [-0.39, 0.29) is 18.4 Å². The highest BCUT2D eigenvalue weighted by molar-refractivity contribution is 5.98. The average Bonchev–Trinajstić information content (AvgIpc) is 3.17. The van der Waals surface area contributed by atoms with Crippen molar-refractivity contribution in [2.45, 2.75) is 32.3 Å². The summed E-state index contributed by atoms with van der Waals surface area (Å²) in [7, 11) is 0. The Morgan fingerprint density at radius 3 is 2.35 bits per heavy atom. The molecule has 3 aromatic rings. The summed E-state index contributed by atoms with van der Waals surface area (Å²) in [6.45, 7) is 2.12. The minimum atomic E-state index is -0.197. The zero-order valence-corrected chi connectivity index (χ0v) is 19.3. The number of hydrogen-bond acceptors (Lipinski definition) is 4. The zero-order chi connectivity index (χ0) is 23.6. The second-order valence-corrected chi connectivity index (χ2v) is 8.46. The van der Waals surface area contributed by atoms with Crippen molar-refractivity contribution < 1.29 is 14.3 Å². The standard InChI is InChI=1S/C28H31N3O3/c32-27(20-29-25-15-6-7-16-26(25)34-21-22-11-4-3-5-12-22)30-24-14-10-13-23(19-24)28(33)31-17-8-1-2-9-18-31/h3-7,10-16,19,29H,1-2,8-9,17-18,20-21H2,(H,30,32). The third-order valence-corrected chi connectivity index (χ3v) is 5.85. The van der Waals surface area contributed by atoms with Crippen molar-refractivity contribution in [2.24, 2.45) is 0 Å². The number of nitrogens with one attached hydrogen (secondary N) is 2. The second kappa shape index (κ2) is 11.9. The molecule has 1 fully saturated rings. The van der Waals surface area contributed by atoms with Crippen LogP contribution in [0.3, 0.4) is 0 Å². The number of likely N-dealkylation sites (tertiary alicyclic amines) is 1. The molecule has 0 saturated carbocycles. The third kappa shape index (κ3) is 6.61.